The topological polar surface area (TPSA) is 128 Å². The minimum absolute atomic E-state index is 0.272. The number of hydrogen-bond acceptors (Lipinski definition) is 6. The van der Waals surface area contributed by atoms with E-state index in [4.69, 9.17) is 10.6 Å². The van der Waals surface area contributed by atoms with Crippen LogP contribution in [0.4, 0.5) is 0 Å². The molecular formula is C16H31N3O5S. The Morgan fingerprint density at radius 1 is 1.20 bits per heavy atom. The van der Waals surface area contributed by atoms with E-state index in [0.29, 0.717) is 13.0 Å². The maximum Gasteiger partial charge on any atom is 0.326 e. The van der Waals surface area contributed by atoms with Gasteiger partial charge in [-0.1, -0.05) is 26.2 Å². The lowest BCUT2D eigenvalue weighted by Gasteiger charge is -2.28. The van der Waals surface area contributed by atoms with E-state index in [1.54, 1.807) is 11.8 Å². The highest BCUT2D eigenvalue weighted by Crippen LogP contribution is 2.25. The SMILES string of the molecule is CCCCC(C(=O)NCC)C(C(=O)OC1CCCCC1)S(=O)(=O)NN. The number of nitrogens with two attached hydrogens (primary N) is 1. The summed E-state index contributed by atoms with van der Waals surface area (Å²) in [4.78, 5) is 26.8. The number of carbonyl (C=O) groups is 2. The number of rotatable bonds is 10. The molecule has 1 saturated carbocycles. The molecule has 0 spiro atoms. The number of carbonyl (C=O) groups excluding carboxylic acids is 2. The molecule has 0 bridgehead atoms. The minimum Gasteiger partial charge on any atom is -0.461 e. The Bertz CT molecular complexity index is 532. The fourth-order valence-corrected chi connectivity index (χ4v) is 4.29. The summed E-state index contributed by atoms with van der Waals surface area (Å²) < 4.78 is 30.2. The fourth-order valence-electron chi connectivity index (χ4n) is 3.14. The second kappa shape index (κ2) is 10.7. The molecule has 2 unspecified atom stereocenters. The van der Waals surface area contributed by atoms with Gasteiger partial charge in [0.15, 0.2) is 5.25 Å². The lowest BCUT2D eigenvalue weighted by atomic mass is 9.96. The van der Waals surface area contributed by atoms with Crippen molar-refractivity contribution in [2.24, 2.45) is 11.8 Å². The van der Waals surface area contributed by atoms with Crippen LogP contribution in [-0.4, -0.2) is 38.2 Å². The first-order valence-corrected chi connectivity index (χ1v) is 10.6. The van der Waals surface area contributed by atoms with Crippen molar-refractivity contribution in [3.63, 3.8) is 0 Å². The van der Waals surface area contributed by atoms with Crippen LogP contribution in [0.5, 0.6) is 0 Å². The molecule has 0 aromatic heterocycles. The number of ether oxygens (including phenoxy) is 1. The van der Waals surface area contributed by atoms with Gasteiger partial charge in [0.2, 0.25) is 15.9 Å². The molecule has 0 aromatic rings. The quantitative estimate of drug-likeness (QED) is 0.296. The Hall–Kier alpha value is -1.19. The van der Waals surface area contributed by atoms with E-state index in [0.717, 1.165) is 38.5 Å². The molecule has 0 aliphatic heterocycles. The largest absolute Gasteiger partial charge is 0.461 e. The van der Waals surface area contributed by atoms with Gasteiger partial charge in [-0.3, -0.25) is 15.4 Å². The molecule has 1 rings (SSSR count). The average molecular weight is 378 g/mol. The van der Waals surface area contributed by atoms with E-state index in [1.807, 2.05) is 6.92 Å². The van der Waals surface area contributed by atoms with E-state index < -0.39 is 33.1 Å². The standard InChI is InChI=1S/C16H31N3O5S/c1-3-5-11-13(15(20)18-4-2)14(25(22,23)19-17)16(21)24-12-9-7-6-8-10-12/h12-14,19H,3-11,17H2,1-2H3,(H,18,20). The molecule has 0 saturated heterocycles. The van der Waals surface area contributed by atoms with Crippen LogP contribution in [0.25, 0.3) is 0 Å². The van der Waals surface area contributed by atoms with E-state index in [2.05, 4.69) is 5.32 Å². The van der Waals surface area contributed by atoms with Crippen LogP contribution in [0.15, 0.2) is 0 Å². The third-order valence-electron chi connectivity index (χ3n) is 4.49. The summed E-state index contributed by atoms with van der Waals surface area (Å²) in [5.74, 6) is 2.75. The number of sulfonamides is 1. The summed E-state index contributed by atoms with van der Waals surface area (Å²) in [5, 5.41) is 0.969. The normalized spacial score (nSPS) is 18.4. The molecule has 0 radical (unpaired) electrons. The van der Waals surface area contributed by atoms with Gasteiger partial charge in [-0.25, -0.2) is 8.42 Å². The summed E-state index contributed by atoms with van der Waals surface area (Å²) in [7, 11) is -4.21. The Balaban J connectivity index is 3.05. The summed E-state index contributed by atoms with van der Waals surface area (Å²) >= 11 is 0. The van der Waals surface area contributed by atoms with Crippen molar-refractivity contribution in [2.75, 3.05) is 6.54 Å². The Labute approximate surface area is 150 Å². The highest BCUT2D eigenvalue weighted by Gasteiger charge is 2.44. The van der Waals surface area contributed by atoms with Crippen molar-refractivity contribution in [3.8, 4) is 0 Å². The zero-order valence-electron chi connectivity index (χ0n) is 15.1. The lowest BCUT2D eigenvalue weighted by molar-refractivity contribution is -0.152. The number of hydrazine groups is 1. The number of unbranched alkanes of at least 4 members (excludes halogenated alkanes) is 1. The molecule has 146 valence electrons. The van der Waals surface area contributed by atoms with Gasteiger partial charge in [0.25, 0.3) is 0 Å². The summed E-state index contributed by atoms with van der Waals surface area (Å²) in [6.07, 6.45) is 5.78. The predicted molar refractivity (Wildman–Crippen MR) is 94.7 cm³/mol. The van der Waals surface area contributed by atoms with Gasteiger partial charge in [0.05, 0.1) is 5.92 Å². The average Bonchev–Trinajstić information content (AvgIpc) is 2.59. The van der Waals surface area contributed by atoms with Gasteiger partial charge in [-0.2, -0.15) is 4.83 Å². The van der Waals surface area contributed by atoms with Gasteiger partial charge < -0.3 is 10.1 Å². The van der Waals surface area contributed by atoms with Crippen molar-refractivity contribution in [1.29, 1.82) is 0 Å². The highest BCUT2D eigenvalue weighted by atomic mass is 32.2. The van der Waals surface area contributed by atoms with Crippen molar-refractivity contribution < 1.29 is 22.7 Å². The first kappa shape index (κ1) is 21.9. The monoisotopic (exact) mass is 377 g/mol. The first-order chi connectivity index (χ1) is 11.9. The van der Waals surface area contributed by atoms with Crippen LogP contribution in [0.3, 0.4) is 0 Å². The first-order valence-electron chi connectivity index (χ1n) is 9.06. The second-order valence-electron chi connectivity index (χ2n) is 6.42. The van der Waals surface area contributed by atoms with Crippen LogP contribution >= 0.6 is 0 Å². The van der Waals surface area contributed by atoms with Crippen molar-refractivity contribution >= 4 is 21.9 Å². The maximum atomic E-state index is 12.7. The molecule has 8 nitrogen and oxygen atoms in total. The van der Waals surface area contributed by atoms with Gasteiger partial charge >= 0.3 is 5.97 Å². The highest BCUT2D eigenvalue weighted by molar-refractivity contribution is 7.90. The van der Waals surface area contributed by atoms with Crippen LogP contribution in [0, 0.1) is 5.92 Å². The number of hydrogen-bond donors (Lipinski definition) is 3. The third kappa shape index (κ3) is 6.56. The molecule has 1 aliphatic carbocycles. The number of amides is 1. The molecule has 25 heavy (non-hydrogen) atoms. The van der Waals surface area contributed by atoms with Gasteiger partial charge in [-0.15, -0.1) is 0 Å². The Morgan fingerprint density at radius 3 is 2.36 bits per heavy atom. The van der Waals surface area contributed by atoms with Gasteiger partial charge in [0, 0.05) is 6.54 Å². The minimum atomic E-state index is -4.21. The van der Waals surface area contributed by atoms with Crippen molar-refractivity contribution in [2.45, 2.75) is 76.6 Å². The van der Waals surface area contributed by atoms with Crippen LogP contribution in [0.2, 0.25) is 0 Å². The molecule has 0 heterocycles. The zero-order chi connectivity index (χ0) is 18.9. The van der Waals surface area contributed by atoms with Gasteiger partial charge in [-0.05, 0) is 39.0 Å². The number of nitrogens with one attached hydrogen (secondary N) is 2. The maximum absolute atomic E-state index is 12.7. The van der Waals surface area contributed by atoms with Crippen LogP contribution in [0.1, 0.15) is 65.2 Å². The molecular weight excluding hydrogens is 346 g/mol. The van der Waals surface area contributed by atoms with E-state index >= 15 is 0 Å². The molecule has 1 aliphatic rings. The summed E-state index contributed by atoms with van der Waals surface area (Å²) in [6.45, 7) is 4.02. The Morgan fingerprint density at radius 2 is 1.84 bits per heavy atom. The zero-order valence-corrected chi connectivity index (χ0v) is 15.9. The smallest absolute Gasteiger partial charge is 0.326 e. The molecule has 0 aromatic carbocycles. The van der Waals surface area contributed by atoms with E-state index in [1.165, 1.54) is 0 Å². The van der Waals surface area contributed by atoms with E-state index in [9.17, 15) is 18.0 Å². The fraction of sp³-hybridized carbons (Fsp3) is 0.875. The van der Waals surface area contributed by atoms with Crippen molar-refractivity contribution in [1.82, 2.24) is 10.1 Å². The van der Waals surface area contributed by atoms with Gasteiger partial charge in [0.1, 0.15) is 6.10 Å². The molecule has 9 heteroatoms. The molecule has 4 N–H and O–H groups in total. The molecule has 1 fully saturated rings. The second-order valence-corrected chi connectivity index (χ2v) is 8.26. The lowest BCUT2D eigenvalue weighted by Crippen LogP contribution is -2.52. The molecule has 1 amide bonds. The number of esters is 1. The van der Waals surface area contributed by atoms with Crippen LogP contribution in [-0.2, 0) is 24.3 Å². The predicted octanol–water partition coefficient (Wildman–Crippen LogP) is 0.967. The van der Waals surface area contributed by atoms with Crippen LogP contribution < -0.4 is 16.0 Å². The summed E-state index contributed by atoms with van der Waals surface area (Å²) in [6, 6.07) is 0. The molecule has 2 atom stereocenters. The van der Waals surface area contributed by atoms with Crippen molar-refractivity contribution in [3.05, 3.63) is 0 Å². The Kier molecular flexibility index (Phi) is 9.37. The van der Waals surface area contributed by atoms with E-state index in [-0.39, 0.29) is 12.5 Å². The third-order valence-corrected chi connectivity index (χ3v) is 6.01. The summed E-state index contributed by atoms with van der Waals surface area (Å²) in [5.41, 5.74) is 0.